The van der Waals surface area contributed by atoms with Crippen molar-refractivity contribution in [2.45, 2.75) is 51.6 Å². The molecule has 1 aromatic rings. The summed E-state index contributed by atoms with van der Waals surface area (Å²) in [4.78, 5) is 8.77. The van der Waals surface area contributed by atoms with Gasteiger partial charge in [-0.2, -0.15) is 0 Å². The lowest BCUT2D eigenvalue weighted by Gasteiger charge is -2.35. The fraction of sp³-hybridized carbons (Fsp3) is 0.714. The Morgan fingerprint density at radius 3 is 3.00 bits per heavy atom. The zero-order chi connectivity index (χ0) is 13.3. The minimum atomic E-state index is 0.308. The fourth-order valence-corrected chi connectivity index (χ4v) is 4.01. The summed E-state index contributed by atoms with van der Waals surface area (Å²) in [5, 5.41) is 4.71. The second kappa shape index (κ2) is 5.19. The van der Waals surface area contributed by atoms with Gasteiger partial charge in [0.25, 0.3) is 0 Å². The van der Waals surface area contributed by atoms with Gasteiger partial charge in [-0.15, -0.1) is 0 Å². The van der Waals surface area contributed by atoms with Crippen LogP contribution in [0.15, 0.2) is 15.6 Å². The van der Waals surface area contributed by atoms with Gasteiger partial charge in [0.05, 0.1) is 6.20 Å². The van der Waals surface area contributed by atoms with Crippen LogP contribution < -0.4 is 5.32 Å². The third-order valence-corrected chi connectivity index (χ3v) is 5.32. The molecule has 0 atom stereocenters. The maximum Gasteiger partial charge on any atom is 0.216 e. The highest BCUT2D eigenvalue weighted by Crippen LogP contribution is 2.38. The van der Waals surface area contributed by atoms with E-state index in [1.807, 2.05) is 18.7 Å². The van der Waals surface area contributed by atoms with Crippen molar-refractivity contribution < 1.29 is 4.42 Å². The highest BCUT2D eigenvalue weighted by atomic mass is 32.2. The molecule has 1 aliphatic heterocycles. The standard InChI is InChI=1S/C14H21N3OS/c1-10-3-5-14(6-4-10)9-19-13(17-14)16-8-12-15-7-11(2)18-12/h7,10H,3-6,8-9H2,1-2H3,(H,16,17). The smallest absolute Gasteiger partial charge is 0.216 e. The molecule has 19 heavy (non-hydrogen) atoms. The first kappa shape index (κ1) is 13.0. The van der Waals surface area contributed by atoms with Crippen LogP contribution in [0.25, 0.3) is 0 Å². The van der Waals surface area contributed by atoms with Gasteiger partial charge in [0, 0.05) is 11.3 Å². The largest absolute Gasteiger partial charge is 0.444 e. The number of nitrogens with zero attached hydrogens (tertiary/aromatic N) is 2. The minimum Gasteiger partial charge on any atom is -0.444 e. The highest BCUT2D eigenvalue weighted by Gasteiger charge is 2.39. The van der Waals surface area contributed by atoms with Crippen LogP contribution in [0, 0.1) is 12.8 Å². The average molecular weight is 279 g/mol. The predicted octanol–water partition coefficient (Wildman–Crippen LogP) is 3.12. The number of aliphatic imine (C=N–C) groups is 1. The number of amidine groups is 1. The molecule has 5 heteroatoms. The summed E-state index contributed by atoms with van der Waals surface area (Å²) >= 11 is 1.84. The third-order valence-electron chi connectivity index (χ3n) is 4.12. The molecule has 2 fully saturated rings. The Labute approximate surface area is 118 Å². The van der Waals surface area contributed by atoms with Crippen LogP contribution in [0.3, 0.4) is 0 Å². The van der Waals surface area contributed by atoms with Crippen LogP contribution in [0.1, 0.15) is 44.3 Å². The molecule has 0 aromatic carbocycles. The summed E-state index contributed by atoms with van der Waals surface area (Å²) in [6.45, 7) is 4.80. The van der Waals surface area contributed by atoms with Gasteiger partial charge in [0.1, 0.15) is 12.3 Å². The Balaban J connectivity index is 1.59. The molecule has 1 N–H and O–H groups in total. The number of nitrogens with one attached hydrogen (secondary N) is 1. The normalized spacial score (nSPS) is 32.9. The maximum absolute atomic E-state index is 5.44. The van der Waals surface area contributed by atoms with Crippen molar-refractivity contribution in [2.75, 3.05) is 5.75 Å². The van der Waals surface area contributed by atoms with E-state index in [-0.39, 0.29) is 0 Å². The van der Waals surface area contributed by atoms with E-state index < -0.39 is 0 Å². The number of aryl methyl sites for hydroxylation is 1. The lowest BCUT2D eigenvalue weighted by molar-refractivity contribution is 0.250. The summed E-state index contributed by atoms with van der Waals surface area (Å²) < 4.78 is 5.44. The van der Waals surface area contributed by atoms with Gasteiger partial charge in [0.15, 0.2) is 5.17 Å². The molecule has 1 saturated carbocycles. The van der Waals surface area contributed by atoms with Crippen LogP contribution in [0.2, 0.25) is 0 Å². The monoisotopic (exact) mass is 279 g/mol. The van der Waals surface area contributed by atoms with Gasteiger partial charge in [-0.05, 0) is 38.5 Å². The molecular formula is C14H21N3OS. The van der Waals surface area contributed by atoms with E-state index in [0.29, 0.717) is 18.0 Å². The van der Waals surface area contributed by atoms with Gasteiger partial charge < -0.3 is 9.73 Å². The Morgan fingerprint density at radius 1 is 1.53 bits per heavy atom. The number of aromatic nitrogens is 1. The van der Waals surface area contributed by atoms with Gasteiger partial charge in [0.2, 0.25) is 5.89 Å². The highest BCUT2D eigenvalue weighted by molar-refractivity contribution is 8.14. The van der Waals surface area contributed by atoms with Crippen molar-refractivity contribution in [2.24, 2.45) is 10.9 Å². The Hall–Kier alpha value is -0.970. The Kier molecular flexibility index (Phi) is 3.56. The molecule has 4 nitrogen and oxygen atoms in total. The summed E-state index contributed by atoms with van der Waals surface area (Å²) in [6, 6.07) is 0. The van der Waals surface area contributed by atoms with Gasteiger partial charge in [-0.25, -0.2) is 4.98 Å². The quantitative estimate of drug-likeness (QED) is 0.903. The van der Waals surface area contributed by atoms with E-state index in [2.05, 4.69) is 22.2 Å². The van der Waals surface area contributed by atoms with Gasteiger partial charge in [-0.3, -0.25) is 4.99 Å². The van der Waals surface area contributed by atoms with Gasteiger partial charge in [-0.1, -0.05) is 18.7 Å². The molecule has 2 aliphatic rings. The number of hydrogen-bond donors (Lipinski definition) is 1. The lowest BCUT2D eigenvalue weighted by Crippen LogP contribution is -2.46. The average Bonchev–Trinajstić information content (AvgIpc) is 2.99. The van der Waals surface area contributed by atoms with Crippen molar-refractivity contribution in [3.8, 4) is 0 Å². The molecule has 1 aliphatic carbocycles. The number of oxazole rings is 1. The first-order valence-corrected chi connectivity index (χ1v) is 8.01. The van der Waals surface area contributed by atoms with Crippen molar-refractivity contribution in [3.05, 3.63) is 17.8 Å². The SMILES string of the molecule is Cc1cnc(CN=C2NC3(CCC(C)CC3)CS2)o1. The maximum atomic E-state index is 5.44. The van der Waals surface area contributed by atoms with E-state index in [4.69, 9.17) is 4.42 Å². The number of thioether (sulfide) groups is 1. The van der Waals surface area contributed by atoms with Crippen LogP contribution in [-0.2, 0) is 6.54 Å². The molecule has 3 rings (SSSR count). The number of rotatable bonds is 2. The molecule has 0 radical (unpaired) electrons. The molecule has 0 bridgehead atoms. The van der Waals surface area contributed by atoms with Crippen LogP contribution in [0.5, 0.6) is 0 Å². The van der Waals surface area contributed by atoms with E-state index in [9.17, 15) is 0 Å². The Morgan fingerprint density at radius 2 is 2.32 bits per heavy atom. The van der Waals surface area contributed by atoms with Crippen molar-refractivity contribution in [1.82, 2.24) is 10.3 Å². The Bertz CT molecular complexity index is 475. The van der Waals surface area contributed by atoms with Crippen molar-refractivity contribution >= 4 is 16.9 Å². The van der Waals surface area contributed by atoms with Crippen molar-refractivity contribution in [1.29, 1.82) is 0 Å². The topological polar surface area (TPSA) is 50.4 Å². The first-order valence-electron chi connectivity index (χ1n) is 7.02. The number of hydrogen-bond acceptors (Lipinski definition) is 4. The van der Waals surface area contributed by atoms with Crippen LogP contribution >= 0.6 is 11.8 Å². The molecule has 0 amide bonds. The van der Waals surface area contributed by atoms with E-state index in [0.717, 1.165) is 22.6 Å². The van der Waals surface area contributed by atoms with E-state index in [1.54, 1.807) is 6.20 Å². The molecule has 1 saturated heterocycles. The summed E-state index contributed by atoms with van der Waals surface area (Å²) in [5.74, 6) is 3.59. The molecule has 2 heterocycles. The van der Waals surface area contributed by atoms with Crippen LogP contribution in [-0.4, -0.2) is 21.4 Å². The van der Waals surface area contributed by atoms with Crippen molar-refractivity contribution in [3.63, 3.8) is 0 Å². The zero-order valence-corrected chi connectivity index (χ0v) is 12.4. The summed E-state index contributed by atoms with van der Waals surface area (Å²) in [5.41, 5.74) is 0.308. The van der Waals surface area contributed by atoms with E-state index >= 15 is 0 Å². The second-order valence-corrected chi connectivity index (χ2v) is 6.83. The second-order valence-electron chi connectivity index (χ2n) is 5.86. The fourth-order valence-electron chi connectivity index (χ4n) is 2.79. The molecule has 1 aromatic heterocycles. The molecule has 104 valence electrons. The summed E-state index contributed by atoms with van der Waals surface area (Å²) in [7, 11) is 0. The van der Waals surface area contributed by atoms with Gasteiger partial charge >= 0.3 is 0 Å². The summed E-state index contributed by atoms with van der Waals surface area (Å²) in [6.07, 6.45) is 6.96. The molecular weight excluding hydrogens is 258 g/mol. The zero-order valence-electron chi connectivity index (χ0n) is 11.6. The minimum absolute atomic E-state index is 0.308. The molecule has 0 unspecified atom stereocenters. The molecule has 1 spiro atoms. The predicted molar refractivity (Wildman–Crippen MR) is 78.3 cm³/mol. The third kappa shape index (κ3) is 2.96. The van der Waals surface area contributed by atoms with Crippen LogP contribution in [0.4, 0.5) is 0 Å². The lowest BCUT2D eigenvalue weighted by atomic mass is 9.78. The first-order chi connectivity index (χ1) is 9.15. The van der Waals surface area contributed by atoms with E-state index in [1.165, 1.54) is 25.7 Å².